The van der Waals surface area contributed by atoms with Gasteiger partial charge in [-0.15, -0.1) is 0 Å². The molecule has 7 nitrogen and oxygen atoms in total. The molecule has 1 rings (SSSR count). The highest BCUT2D eigenvalue weighted by atomic mass is 16.6. The van der Waals surface area contributed by atoms with Gasteiger partial charge in [0, 0.05) is 11.8 Å². The van der Waals surface area contributed by atoms with Crippen molar-refractivity contribution in [2.45, 2.75) is 32.4 Å². The molecular formula is C12H15N3O4. The lowest BCUT2D eigenvalue weighted by atomic mass is 10.0. The molecule has 19 heavy (non-hydrogen) atoms. The number of azide groups is 1. The van der Waals surface area contributed by atoms with Crippen LogP contribution >= 0.6 is 0 Å². The lowest BCUT2D eigenvalue weighted by Crippen LogP contribution is -2.39. The molecule has 1 aliphatic rings. The van der Waals surface area contributed by atoms with Crippen LogP contribution in [0.25, 0.3) is 10.4 Å². The summed E-state index contributed by atoms with van der Waals surface area (Å²) < 4.78 is 9.79. The number of carbonyl (C=O) groups is 2. The summed E-state index contributed by atoms with van der Waals surface area (Å²) in [5.41, 5.74) is 9.32. The number of rotatable bonds is 6. The van der Waals surface area contributed by atoms with Gasteiger partial charge < -0.3 is 9.47 Å². The molecule has 0 radical (unpaired) electrons. The van der Waals surface area contributed by atoms with Gasteiger partial charge in [0.15, 0.2) is 0 Å². The van der Waals surface area contributed by atoms with Gasteiger partial charge >= 0.3 is 11.9 Å². The van der Waals surface area contributed by atoms with Crippen molar-refractivity contribution in [3.05, 3.63) is 34.2 Å². The van der Waals surface area contributed by atoms with E-state index in [9.17, 15) is 9.59 Å². The first-order valence-electron chi connectivity index (χ1n) is 5.83. The molecule has 7 heteroatoms. The van der Waals surface area contributed by atoms with Crippen molar-refractivity contribution in [2.24, 2.45) is 5.11 Å². The van der Waals surface area contributed by atoms with Crippen molar-refractivity contribution >= 4 is 11.9 Å². The van der Waals surface area contributed by atoms with Crippen LogP contribution in [0.3, 0.4) is 0 Å². The van der Waals surface area contributed by atoms with Crippen LogP contribution in [0.4, 0.5) is 0 Å². The average molecular weight is 265 g/mol. The number of esters is 2. The molecule has 0 aromatic carbocycles. The van der Waals surface area contributed by atoms with Crippen molar-refractivity contribution in [1.82, 2.24) is 0 Å². The van der Waals surface area contributed by atoms with Gasteiger partial charge in [-0.25, -0.2) is 4.79 Å². The monoisotopic (exact) mass is 265 g/mol. The summed E-state index contributed by atoms with van der Waals surface area (Å²) >= 11 is 0. The van der Waals surface area contributed by atoms with Crippen LogP contribution in [0.5, 0.6) is 0 Å². The fourth-order valence-corrected chi connectivity index (χ4v) is 1.71. The first-order valence-corrected chi connectivity index (χ1v) is 5.83. The van der Waals surface area contributed by atoms with E-state index in [0.717, 1.165) is 0 Å². The van der Waals surface area contributed by atoms with Crippen LogP contribution in [-0.2, 0) is 19.1 Å². The molecule has 0 heterocycles. The average Bonchev–Trinajstić information content (AvgIpc) is 2.87. The predicted molar refractivity (Wildman–Crippen MR) is 67.0 cm³/mol. The summed E-state index contributed by atoms with van der Waals surface area (Å²) in [4.78, 5) is 25.6. The molecular weight excluding hydrogens is 250 g/mol. The van der Waals surface area contributed by atoms with Crippen LogP contribution in [0, 0.1) is 0 Å². The van der Waals surface area contributed by atoms with E-state index in [1.54, 1.807) is 19.1 Å². The summed E-state index contributed by atoms with van der Waals surface area (Å²) in [6.45, 7) is 2.97. The molecule has 0 saturated heterocycles. The largest absolute Gasteiger partial charge is 0.463 e. The molecule has 0 amide bonds. The normalized spacial score (nSPS) is 16.0. The minimum atomic E-state index is -1.25. The van der Waals surface area contributed by atoms with Crippen molar-refractivity contribution in [1.29, 1.82) is 0 Å². The van der Waals surface area contributed by atoms with Crippen LogP contribution < -0.4 is 0 Å². The zero-order chi connectivity index (χ0) is 14.3. The maximum Gasteiger partial charge on any atom is 0.348 e. The fraction of sp³-hybridized carbons (Fsp3) is 0.500. The zero-order valence-electron chi connectivity index (χ0n) is 10.8. The third-order valence-corrected chi connectivity index (χ3v) is 2.45. The molecule has 0 aromatic heterocycles. The lowest BCUT2D eigenvalue weighted by molar-refractivity contribution is -0.167. The third-order valence-electron chi connectivity index (χ3n) is 2.45. The van der Waals surface area contributed by atoms with Crippen LogP contribution in [0.15, 0.2) is 28.9 Å². The number of nitrogens with zero attached hydrogens (tertiary/aromatic N) is 3. The lowest BCUT2D eigenvalue weighted by Gasteiger charge is -2.22. The Labute approximate surface area is 110 Å². The van der Waals surface area contributed by atoms with Gasteiger partial charge in [-0.1, -0.05) is 28.9 Å². The van der Waals surface area contributed by atoms with E-state index in [-0.39, 0.29) is 6.61 Å². The van der Waals surface area contributed by atoms with E-state index in [1.807, 2.05) is 6.08 Å². The molecule has 0 bridgehead atoms. The quantitative estimate of drug-likeness (QED) is 0.317. The highest BCUT2D eigenvalue weighted by molar-refractivity contribution is 5.80. The van der Waals surface area contributed by atoms with Crippen molar-refractivity contribution in [3.8, 4) is 0 Å². The highest BCUT2D eigenvalue weighted by Crippen LogP contribution is 2.23. The van der Waals surface area contributed by atoms with Gasteiger partial charge in [-0.3, -0.25) is 4.79 Å². The van der Waals surface area contributed by atoms with E-state index < -0.39 is 24.1 Å². The standard InChI is InChI=1S/C12H15N3O4/c1-3-18-12(17)11(19-8(2)16)10(14-15-13)9-6-4-5-7-9/h4-6,10-11H,3,7H2,1-2H3/t10-,11+/m1/s1. The second-order valence-corrected chi connectivity index (χ2v) is 3.81. The van der Waals surface area contributed by atoms with E-state index in [0.29, 0.717) is 12.0 Å². The Kier molecular flexibility index (Phi) is 5.63. The van der Waals surface area contributed by atoms with Gasteiger partial charge in [0.2, 0.25) is 6.10 Å². The van der Waals surface area contributed by atoms with Crippen LogP contribution in [-0.4, -0.2) is 30.7 Å². The Bertz CT molecular complexity index is 464. The second kappa shape index (κ2) is 7.23. The highest BCUT2D eigenvalue weighted by Gasteiger charge is 2.34. The van der Waals surface area contributed by atoms with Gasteiger partial charge in [-0.2, -0.15) is 0 Å². The fourth-order valence-electron chi connectivity index (χ4n) is 1.71. The Morgan fingerprint density at radius 3 is 2.79 bits per heavy atom. The van der Waals surface area contributed by atoms with E-state index >= 15 is 0 Å². The number of carbonyl (C=O) groups excluding carboxylic acids is 2. The summed E-state index contributed by atoms with van der Waals surface area (Å²) in [5.74, 6) is -1.36. The zero-order valence-corrected chi connectivity index (χ0v) is 10.8. The first kappa shape index (κ1) is 14.8. The smallest absolute Gasteiger partial charge is 0.348 e. The van der Waals surface area contributed by atoms with Crippen molar-refractivity contribution < 1.29 is 19.1 Å². The molecule has 1 aliphatic carbocycles. The van der Waals surface area contributed by atoms with Crippen molar-refractivity contribution in [3.63, 3.8) is 0 Å². The Hall–Kier alpha value is -2.27. The molecule has 0 unspecified atom stereocenters. The Morgan fingerprint density at radius 2 is 2.32 bits per heavy atom. The van der Waals surface area contributed by atoms with Gasteiger partial charge in [0.25, 0.3) is 0 Å². The van der Waals surface area contributed by atoms with Crippen LogP contribution in [0.2, 0.25) is 0 Å². The van der Waals surface area contributed by atoms with E-state index in [2.05, 4.69) is 10.0 Å². The summed E-state index contributed by atoms with van der Waals surface area (Å²) in [7, 11) is 0. The predicted octanol–water partition coefficient (Wildman–Crippen LogP) is 2.05. The molecule has 0 spiro atoms. The number of ether oxygens (including phenoxy) is 2. The summed E-state index contributed by atoms with van der Waals surface area (Å²) in [6.07, 6.45) is 4.66. The number of hydrogen-bond acceptors (Lipinski definition) is 5. The maximum atomic E-state index is 11.8. The SMILES string of the molecule is CCOC(=O)[C@@H](OC(C)=O)[C@H](N=[N+]=[N-])C1=CC=CC1. The van der Waals surface area contributed by atoms with Crippen LogP contribution in [0.1, 0.15) is 20.3 Å². The molecule has 0 aliphatic heterocycles. The maximum absolute atomic E-state index is 11.8. The van der Waals surface area contributed by atoms with Gasteiger partial charge in [0.1, 0.15) is 6.04 Å². The van der Waals surface area contributed by atoms with E-state index in [1.165, 1.54) is 6.92 Å². The number of allylic oxidation sites excluding steroid dienone is 3. The molecule has 102 valence electrons. The Balaban J connectivity index is 2.99. The van der Waals surface area contributed by atoms with E-state index in [4.69, 9.17) is 15.0 Å². The summed E-state index contributed by atoms with van der Waals surface area (Å²) in [6, 6.07) is -0.886. The molecule has 0 saturated carbocycles. The van der Waals surface area contributed by atoms with Gasteiger partial charge in [-0.05, 0) is 18.9 Å². The third kappa shape index (κ3) is 4.15. The second-order valence-electron chi connectivity index (χ2n) is 3.81. The van der Waals surface area contributed by atoms with Gasteiger partial charge in [0.05, 0.1) is 6.61 Å². The molecule has 0 aromatic rings. The molecule has 2 atom stereocenters. The number of hydrogen-bond donors (Lipinski definition) is 0. The Morgan fingerprint density at radius 1 is 1.58 bits per heavy atom. The molecule has 0 N–H and O–H groups in total. The summed E-state index contributed by atoms with van der Waals surface area (Å²) in [5, 5.41) is 3.56. The van der Waals surface area contributed by atoms with Crippen molar-refractivity contribution in [2.75, 3.05) is 6.61 Å². The minimum Gasteiger partial charge on any atom is -0.463 e. The topological polar surface area (TPSA) is 101 Å². The minimum absolute atomic E-state index is 0.150. The molecule has 0 fully saturated rings. The first-order chi connectivity index (χ1) is 9.10.